The van der Waals surface area contributed by atoms with E-state index in [1.165, 1.54) is 4.90 Å². The normalized spacial score (nSPS) is 23.4. The molecule has 17 heavy (non-hydrogen) atoms. The minimum Gasteiger partial charge on any atom is -0.440 e. The van der Waals surface area contributed by atoms with E-state index in [1.807, 2.05) is 11.9 Å². The molecule has 1 atom stereocenters. The van der Waals surface area contributed by atoms with Gasteiger partial charge in [-0.1, -0.05) is 0 Å². The van der Waals surface area contributed by atoms with E-state index in [2.05, 4.69) is 4.74 Å². The molecule has 0 N–H and O–H groups in total. The van der Waals surface area contributed by atoms with Crippen LogP contribution in [0.5, 0.6) is 0 Å². The van der Waals surface area contributed by atoms with Gasteiger partial charge in [-0.15, -0.1) is 0 Å². The molecule has 0 radical (unpaired) electrons. The van der Waals surface area contributed by atoms with Gasteiger partial charge in [-0.3, -0.25) is 0 Å². The number of carbonyl (C=O) groups is 1. The zero-order chi connectivity index (χ0) is 13.1. The van der Waals surface area contributed by atoms with Crippen LogP contribution in [0.25, 0.3) is 0 Å². The van der Waals surface area contributed by atoms with E-state index in [4.69, 9.17) is 0 Å². The van der Waals surface area contributed by atoms with E-state index in [0.717, 1.165) is 13.0 Å². The molecule has 7 heteroatoms. The number of ether oxygens (including phenoxy) is 1. The average molecular weight is 254 g/mol. The van der Waals surface area contributed by atoms with Crippen molar-refractivity contribution < 1.29 is 22.7 Å². The number of carbonyl (C=O) groups excluding carboxylic acids is 1. The molecule has 0 aromatic carbocycles. The topological polar surface area (TPSA) is 32.8 Å². The van der Waals surface area contributed by atoms with Crippen LogP contribution in [0.4, 0.5) is 18.0 Å². The van der Waals surface area contributed by atoms with E-state index >= 15 is 0 Å². The molecular weight excluding hydrogens is 237 g/mol. The van der Waals surface area contributed by atoms with Crippen molar-refractivity contribution in [1.82, 2.24) is 9.80 Å². The van der Waals surface area contributed by atoms with Crippen LogP contribution >= 0.6 is 0 Å². The van der Waals surface area contributed by atoms with Gasteiger partial charge in [-0.05, 0) is 26.9 Å². The fourth-order valence-electron chi connectivity index (χ4n) is 1.87. The van der Waals surface area contributed by atoms with Gasteiger partial charge in [0.15, 0.2) is 6.61 Å². The van der Waals surface area contributed by atoms with E-state index in [9.17, 15) is 18.0 Å². The maximum atomic E-state index is 11.9. The highest BCUT2D eigenvalue weighted by Gasteiger charge is 2.32. The van der Waals surface area contributed by atoms with Gasteiger partial charge in [-0.2, -0.15) is 13.2 Å². The Morgan fingerprint density at radius 3 is 2.65 bits per heavy atom. The summed E-state index contributed by atoms with van der Waals surface area (Å²) in [6.07, 6.45) is -4.62. The Morgan fingerprint density at radius 2 is 2.06 bits per heavy atom. The number of likely N-dealkylation sites (N-methyl/N-ethyl adjacent to an activating group) is 1. The Kier molecular flexibility index (Phi) is 4.62. The fourth-order valence-corrected chi connectivity index (χ4v) is 1.87. The predicted molar refractivity (Wildman–Crippen MR) is 55.7 cm³/mol. The summed E-state index contributed by atoms with van der Waals surface area (Å²) in [4.78, 5) is 14.9. The van der Waals surface area contributed by atoms with Crippen LogP contribution in [0.1, 0.15) is 13.3 Å². The minimum atomic E-state index is -4.47. The lowest BCUT2D eigenvalue weighted by Gasteiger charge is -2.27. The van der Waals surface area contributed by atoms with Crippen LogP contribution in [0, 0.1) is 0 Å². The zero-order valence-electron chi connectivity index (χ0n) is 9.96. The Morgan fingerprint density at radius 1 is 1.41 bits per heavy atom. The van der Waals surface area contributed by atoms with Crippen molar-refractivity contribution in [1.29, 1.82) is 0 Å². The molecular formula is C10H17F3N2O2. The van der Waals surface area contributed by atoms with Gasteiger partial charge in [0.05, 0.1) is 0 Å². The third-order valence-corrected chi connectivity index (χ3v) is 2.64. The van der Waals surface area contributed by atoms with E-state index < -0.39 is 18.9 Å². The largest absolute Gasteiger partial charge is 0.440 e. The van der Waals surface area contributed by atoms with E-state index in [1.54, 1.807) is 6.92 Å². The standard InChI is InChI=1S/C10H17F3N2O2/c1-8-6-14(2)4-3-5-15(8)9(16)17-7-10(11,12)13/h8H,3-7H2,1-2H3. The van der Waals surface area contributed by atoms with Crippen molar-refractivity contribution in [2.45, 2.75) is 25.6 Å². The first-order valence-corrected chi connectivity index (χ1v) is 5.48. The number of hydrogen-bond donors (Lipinski definition) is 0. The highest BCUT2D eigenvalue weighted by molar-refractivity contribution is 5.68. The highest BCUT2D eigenvalue weighted by Crippen LogP contribution is 2.16. The Balaban J connectivity index is 2.50. The molecule has 0 bridgehead atoms. The van der Waals surface area contributed by atoms with E-state index in [-0.39, 0.29) is 6.04 Å². The summed E-state index contributed by atoms with van der Waals surface area (Å²) in [5, 5.41) is 0. The van der Waals surface area contributed by atoms with Gasteiger partial charge >= 0.3 is 12.3 Å². The molecule has 0 spiro atoms. The van der Waals surface area contributed by atoms with Gasteiger partial charge in [0.25, 0.3) is 0 Å². The van der Waals surface area contributed by atoms with E-state index in [0.29, 0.717) is 13.1 Å². The molecule has 4 nitrogen and oxygen atoms in total. The molecule has 0 aliphatic carbocycles. The molecule has 0 saturated carbocycles. The van der Waals surface area contributed by atoms with Crippen LogP contribution in [0.15, 0.2) is 0 Å². The molecule has 1 heterocycles. The first kappa shape index (κ1) is 14.1. The van der Waals surface area contributed by atoms with Crippen molar-refractivity contribution in [3.63, 3.8) is 0 Å². The molecule has 0 aromatic rings. The monoisotopic (exact) mass is 254 g/mol. The number of halogens is 3. The smallest absolute Gasteiger partial charge is 0.422 e. The molecule has 1 fully saturated rings. The van der Waals surface area contributed by atoms with Crippen molar-refractivity contribution >= 4 is 6.09 Å². The number of rotatable bonds is 1. The summed E-state index contributed by atoms with van der Waals surface area (Å²) in [5.74, 6) is 0. The maximum absolute atomic E-state index is 11.9. The van der Waals surface area contributed by atoms with Gasteiger partial charge in [0.1, 0.15) is 0 Å². The van der Waals surface area contributed by atoms with Crippen molar-refractivity contribution in [3.05, 3.63) is 0 Å². The van der Waals surface area contributed by atoms with Gasteiger partial charge in [0, 0.05) is 19.1 Å². The summed E-state index contributed by atoms with van der Waals surface area (Å²) in [6, 6.07) is -0.136. The second kappa shape index (κ2) is 5.57. The van der Waals surface area contributed by atoms with Crippen LogP contribution in [-0.4, -0.2) is 61.4 Å². The maximum Gasteiger partial charge on any atom is 0.422 e. The average Bonchev–Trinajstić information content (AvgIpc) is 2.34. The molecule has 1 amide bonds. The molecule has 1 aliphatic heterocycles. The van der Waals surface area contributed by atoms with Crippen molar-refractivity contribution in [2.75, 3.05) is 33.3 Å². The zero-order valence-corrected chi connectivity index (χ0v) is 9.96. The van der Waals surface area contributed by atoms with Crippen LogP contribution < -0.4 is 0 Å². The summed E-state index contributed by atoms with van der Waals surface area (Å²) in [6.45, 7) is 2.18. The van der Waals surface area contributed by atoms with Crippen LogP contribution in [0.2, 0.25) is 0 Å². The molecule has 0 aromatic heterocycles. The Labute approximate surface area is 98.3 Å². The molecule has 1 saturated heterocycles. The second-order valence-corrected chi connectivity index (χ2v) is 4.33. The lowest BCUT2D eigenvalue weighted by atomic mass is 10.3. The number of alkyl halides is 3. The first-order valence-electron chi connectivity index (χ1n) is 5.48. The Hall–Kier alpha value is -0.980. The first-order chi connectivity index (χ1) is 7.79. The predicted octanol–water partition coefficient (Wildman–Crippen LogP) is 1.71. The van der Waals surface area contributed by atoms with Crippen LogP contribution in [-0.2, 0) is 4.74 Å². The van der Waals surface area contributed by atoms with Gasteiger partial charge < -0.3 is 14.5 Å². The summed E-state index contributed by atoms with van der Waals surface area (Å²) in [7, 11) is 1.92. The fraction of sp³-hybridized carbons (Fsp3) is 0.900. The number of amides is 1. The van der Waals surface area contributed by atoms with Crippen LogP contribution in [0.3, 0.4) is 0 Å². The summed E-state index contributed by atoms with van der Waals surface area (Å²) < 4.78 is 40.0. The number of nitrogens with zero attached hydrogens (tertiary/aromatic N) is 2. The summed E-state index contributed by atoms with van der Waals surface area (Å²) >= 11 is 0. The molecule has 1 aliphatic rings. The summed E-state index contributed by atoms with van der Waals surface area (Å²) in [5.41, 5.74) is 0. The van der Waals surface area contributed by atoms with Crippen molar-refractivity contribution in [2.24, 2.45) is 0 Å². The third-order valence-electron chi connectivity index (χ3n) is 2.64. The lowest BCUT2D eigenvalue weighted by molar-refractivity contribution is -0.162. The molecule has 1 rings (SSSR count). The lowest BCUT2D eigenvalue weighted by Crippen LogP contribution is -2.43. The second-order valence-electron chi connectivity index (χ2n) is 4.33. The van der Waals surface area contributed by atoms with Crippen molar-refractivity contribution in [3.8, 4) is 0 Å². The molecule has 100 valence electrons. The van der Waals surface area contributed by atoms with Gasteiger partial charge in [0.2, 0.25) is 0 Å². The quantitative estimate of drug-likeness (QED) is 0.714. The highest BCUT2D eigenvalue weighted by atomic mass is 19.4. The van der Waals surface area contributed by atoms with Gasteiger partial charge in [-0.25, -0.2) is 4.79 Å². The third kappa shape index (κ3) is 4.80. The Bertz CT molecular complexity index is 271. The SMILES string of the molecule is CC1CN(C)CCCN1C(=O)OCC(F)(F)F. The minimum absolute atomic E-state index is 0.136. The number of hydrogen-bond acceptors (Lipinski definition) is 3. The molecule has 1 unspecified atom stereocenters.